The molecule has 1 aromatic rings. The molecular formula is C14H15FN2O5S. The number of ether oxygens (including phenoxy) is 1. The van der Waals surface area contributed by atoms with E-state index in [1.807, 2.05) is 0 Å². The number of rotatable bonds is 5. The lowest BCUT2D eigenvalue weighted by Gasteiger charge is -2.39. The number of halogens is 1. The van der Waals surface area contributed by atoms with E-state index in [0.717, 1.165) is 4.90 Å². The molecule has 0 unspecified atom stereocenters. The molecule has 3 rings (SSSR count). The quantitative estimate of drug-likeness (QED) is 0.781. The summed E-state index contributed by atoms with van der Waals surface area (Å²) in [6, 6.07) is 5.30. The minimum atomic E-state index is -3.49. The van der Waals surface area contributed by atoms with Crippen LogP contribution in [0.25, 0.3) is 0 Å². The Labute approximate surface area is 132 Å². The van der Waals surface area contributed by atoms with Crippen LogP contribution >= 0.6 is 0 Å². The molecule has 2 saturated heterocycles. The first-order chi connectivity index (χ1) is 10.8. The molecule has 0 N–H and O–H groups in total. The van der Waals surface area contributed by atoms with Crippen LogP contribution in [0.15, 0.2) is 24.3 Å². The van der Waals surface area contributed by atoms with E-state index in [0.29, 0.717) is 5.56 Å². The SMILES string of the molecule is O=C1COC(=O)N1CC1CN(S(=O)(=O)Cc2ccc(F)cc2)C1. The first-order valence-corrected chi connectivity index (χ1v) is 8.65. The van der Waals surface area contributed by atoms with Crippen molar-refractivity contribution in [3.05, 3.63) is 35.6 Å². The van der Waals surface area contributed by atoms with Gasteiger partial charge in [0.25, 0.3) is 5.91 Å². The van der Waals surface area contributed by atoms with Crippen LogP contribution in [-0.2, 0) is 25.3 Å². The molecule has 1 aromatic carbocycles. The fraction of sp³-hybridized carbons (Fsp3) is 0.429. The zero-order valence-electron chi connectivity index (χ0n) is 12.1. The molecule has 2 heterocycles. The van der Waals surface area contributed by atoms with Gasteiger partial charge < -0.3 is 4.74 Å². The average molecular weight is 342 g/mol. The van der Waals surface area contributed by atoms with Gasteiger partial charge in [0.1, 0.15) is 5.82 Å². The summed E-state index contributed by atoms with van der Waals surface area (Å²) in [4.78, 5) is 23.8. The maximum absolute atomic E-state index is 12.8. The van der Waals surface area contributed by atoms with E-state index in [2.05, 4.69) is 4.74 Å². The predicted molar refractivity (Wildman–Crippen MR) is 77.1 cm³/mol. The zero-order chi connectivity index (χ0) is 16.6. The summed E-state index contributed by atoms with van der Waals surface area (Å²) < 4.78 is 43.2. The largest absolute Gasteiger partial charge is 0.439 e. The summed E-state index contributed by atoms with van der Waals surface area (Å²) in [5.74, 6) is -1.11. The highest BCUT2D eigenvalue weighted by molar-refractivity contribution is 7.88. The standard InChI is InChI=1S/C14H15FN2O5S/c15-12-3-1-10(2-4-12)9-23(20,21)16-5-11(6-16)7-17-13(18)8-22-14(17)19/h1-4,11H,5-9H2. The Hall–Kier alpha value is -2.00. The normalized spacial score (nSPS) is 19.8. The number of carbonyl (C=O) groups excluding carboxylic acids is 2. The van der Waals surface area contributed by atoms with E-state index >= 15 is 0 Å². The highest BCUT2D eigenvalue weighted by atomic mass is 32.2. The van der Waals surface area contributed by atoms with Gasteiger partial charge in [-0.05, 0) is 17.7 Å². The lowest BCUT2D eigenvalue weighted by Crippen LogP contribution is -2.54. The van der Waals surface area contributed by atoms with Gasteiger partial charge in [-0.2, -0.15) is 0 Å². The molecule has 23 heavy (non-hydrogen) atoms. The van der Waals surface area contributed by atoms with Gasteiger partial charge in [0.15, 0.2) is 6.61 Å². The van der Waals surface area contributed by atoms with Crippen LogP contribution in [0.1, 0.15) is 5.56 Å². The van der Waals surface area contributed by atoms with E-state index in [-0.39, 0.29) is 37.9 Å². The number of cyclic esters (lactones) is 1. The van der Waals surface area contributed by atoms with Gasteiger partial charge in [0, 0.05) is 25.6 Å². The molecule has 2 fully saturated rings. The number of amides is 2. The van der Waals surface area contributed by atoms with E-state index in [4.69, 9.17) is 0 Å². The predicted octanol–water partition coefficient (Wildman–Crippen LogP) is 0.566. The van der Waals surface area contributed by atoms with Crippen LogP contribution in [0.2, 0.25) is 0 Å². The summed E-state index contributed by atoms with van der Waals surface area (Å²) in [5, 5.41) is 0. The van der Waals surface area contributed by atoms with E-state index in [1.165, 1.54) is 28.6 Å². The van der Waals surface area contributed by atoms with E-state index in [1.54, 1.807) is 0 Å². The molecule has 0 radical (unpaired) electrons. The van der Waals surface area contributed by atoms with Crippen LogP contribution in [-0.4, -0.2) is 55.9 Å². The number of hydrogen-bond donors (Lipinski definition) is 0. The first-order valence-electron chi connectivity index (χ1n) is 7.04. The fourth-order valence-corrected chi connectivity index (χ4v) is 4.24. The van der Waals surface area contributed by atoms with Crippen molar-refractivity contribution in [3.8, 4) is 0 Å². The van der Waals surface area contributed by atoms with E-state index < -0.39 is 27.8 Å². The summed E-state index contributed by atoms with van der Waals surface area (Å²) >= 11 is 0. The third-order valence-electron chi connectivity index (χ3n) is 3.86. The minimum Gasteiger partial charge on any atom is -0.439 e. The molecule has 9 heteroatoms. The Morgan fingerprint density at radius 1 is 1.17 bits per heavy atom. The maximum Gasteiger partial charge on any atom is 0.417 e. The Kier molecular flexibility index (Phi) is 4.07. The minimum absolute atomic E-state index is 0.0902. The maximum atomic E-state index is 12.8. The van der Waals surface area contributed by atoms with Crippen molar-refractivity contribution in [2.45, 2.75) is 5.75 Å². The van der Waals surface area contributed by atoms with E-state index in [9.17, 15) is 22.4 Å². The number of hydrogen-bond acceptors (Lipinski definition) is 5. The van der Waals surface area contributed by atoms with Gasteiger partial charge in [-0.1, -0.05) is 12.1 Å². The summed E-state index contributed by atoms with van der Waals surface area (Å²) in [6.45, 7) is 0.416. The fourth-order valence-electron chi connectivity index (χ4n) is 2.56. The number of carbonyl (C=O) groups is 2. The number of nitrogens with zero attached hydrogens (tertiary/aromatic N) is 2. The smallest absolute Gasteiger partial charge is 0.417 e. The lowest BCUT2D eigenvalue weighted by atomic mass is 10.0. The van der Waals surface area contributed by atoms with Crippen molar-refractivity contribution < 1.29 is 27.1 Å². The molecule has 2 aliphatic rings. The molecule has 0 saturated carbocycles. The molecule has 0 aliphatic carbocycles. The van der Waals surface area contributed by atoms with Gasteiger partial charge in [0.05, 0.1) is 5.75 Å². The average Bonchev–Trinajstić information content (AvgIpc) is 2.75. The van der Waals surface area contributed by atoms with Crippen molar-refractivity contribution in [1.29, 1.82) is 0 Å². The highest BCUT2D eigenvalue weighted by Crippen LogP contribution is 2.24. The number of imide groups is 1. The molecule has 2 amide bonds. The van der Waals surface area contributed by atoms with Gasteiger partial charge >= 0.3 is 6.09 Å². The van der Waals surface area contributed by atoms with Crippen molar-refractivity contribution in [1.82, 2.24) is 9.21 Å². The van der Waals surface area contributed by atoms with Crippen LogP contribution in [0.5, 0.6) is 0 Å². The monoisotopic (exact) mass is 342 g/mol. The summed E-state index contributed by atoms with van der Waals surface area (Å²) in [6.07, 6.45) is -0.678. The van der Waals surface area contributed by atoms with Crippen molar-refractivity contribution >= 4 is 22.0 Å². The summed E-state index contributed by atoms with van der Waals surface area (Å²) in [7, 11) is -3.49. The first kappa shape index (κ1) is 15.9. The van der Waals surface area contributed by atoms with Crippen LogP contribution in [0.3, 0.4) is 0 Å². The zero-order valence-corrected chi connectivity index (χ0v) is 13.0. The second-order valence-electron chi connectivity index (χ2n) is 5.62. The Bertz CT molecular complexity index is 712. The van der Waals surface area contributed by atoms with Gasteiger partial charge in [-0.25, -0.2) is 26.8 Å². The number of benzene rings is 1. The molecule has 7 nitrogen and oxygen atoms in total. The van der Waals surface area contributed by atoms with Crippen LogP contribution < -0.4 is 0 Å². The third kappa shape index (κ3) is 3.35. The van der Waals surface area contributed by atoms with Crippen molar-refractivity contribution in [3.63, 3.8) is 0 Å². The lowest BCUT2D eigenvalue weighted by molar-refractivity contribution is -0.126. The topological polar surface area (TPSA) is 84.0 Å². The molecule has 124 valence electrons. The molecule has 2 aliphatic heterocycles. The summed E-state index contributed by atoms with van der Waals surface area (Å²) in [5.41, 5.74) is 0.508. The molecule has 0 spiro atoms. The van der Waals surface area contributed by atoms with Gasteiger partial charge in [0.2, 0.25) is 10.0 Å². The van der Waals surface area contributed by atoms with Crippen molar-refractivity contribution in [2.24, 2.45) is 5.92 Å². The molecule has 0 atom stereocenters. The Morgan fingerprint density at radius 3 is 2.39 bits per heavy atom. The number of sulfonamides is 1. The molecule has 0 aromatic heterocycles. The second-order valence-corrected chi connectivity index (χ2v) is 7.59. The molecule has 0 bridgehead atoms. The van der Waals surface area contributed by atoms with Gasteiger partial charge in [-0.3, -0.25) is 4.79 Å². The molecular weight excluding hydrogens is 327 g/mol. The van der Waals surface area contributed by atoms with Gasteiger partial charge in [-0.15, -0.1) is 0 Å². The Morgan fingerprint density at radius 2 is 1.83 bits per heavy atom. The Balaban J connectivity index is 1.54. The third-order valence-corrected chi connectivity index (χ3v) is 5.64. The van der Waals surface area contributed by atoms with Crippen LogP contribution in [0.4, 0.5) is 9.18 Å². The van der Waals surface area contributed by atoms with Crippen LogP contribution in [0, 0.1) is 11.7 Å². The van der Waals surface area contributed by atoms with Crippen molar-refractivity contribution in [2.75, 3.05) is 26.2 Å². The second kappa shape index (κ2) is 5.89. The highest BCUT2D eigenvalue weighted by Gasteiger charge is 2.40.